The lowest BCUT2D eigenvalue weighted by Crippen LogP contribution is -2.03. The normalized spacial score (nSPS) is 12.6. The fourth-order valence-corrected chi connectivity index (χ4v) is 0.701. The molecule has 0 saturated carbocycles. The van der Waals surface area contributed by atoms with E-state index in [4.69, 9.17) is 0 Å². The first kappa shape index (κ1) is 7.98. The Bertz CT molecular complexity index is 218. The SMILES string of the molecule is C[C@@H](F)Oc1ccc(F)cc1. The average Bonchev–Trinajstić information content (AvgIpc) is 1.93. The summed E-state index contributed by atoms with van der Waals surface area (Å²) in [5.74, 6) is -0.0229. The van der Waals surface area contributed by atoms with Gasteiger partial charge in [-0.3, -0.25) is 0 Å². The monoisotopic (exact) mass is 158 g/mol. The molecule has 1 atom stereocenters. The van der Waals surface area contributed by atoms with Gasteiger partial charge in [0.15, 0.2) is 0 Å². The number of benzene rings is 1. The molecule has 60 valence electrons. The van der Waals surface area contributed by atoms with E-state index in [0.29, 0.717) is 5.75 Å². The summed E-state index contributed by atoms with van der Waals surface area (Å²) < 4.78 is 29.1. The van der Waals surface area contributed by atoms with E-state index in [1.54, 1.807) is 0 Å². The van der Waals surface area contributed by atoms with Crippen molar-refractivity contribution >= 4 is 0 Å². The van der Waals surface area contributed by atoms with Gasteiger partial charge in [-0.05, 0) is 24.3 Å². The smallest absolute Gasteiger partial charge is 0.235 e. The molecule has 0 aliphatic carbocycles. The van der Waals surface area contributed by atoms with E-state index >= 15 is 0 Å². The Kier molecular flexibility index (Phi) is 2.41. The van der Waals surface area contributed by atoms with Crippen LogP contribution in [-0.2, 0) is 0 Å². The van der Waals surface area contributed by atoms with Crippen LogP contribution in [0.3, 0.4) is 0 Å². The van der Waals surface area contributed by atoms with Gasteiger partial charge in [-0.2, -0.15) is 0 Å². The van der Waals surface area contributed by atoms with Crippen LogP contribution in [-0.4, -0.2) is 6.36 Å². The number of alkyl halides is 1. The highest BCUT2D eigenvalue weighted by atomic mass is 19.1. The topological polar surface area (TPSA) is 9.23 Å². The number of ether oxygens (including phenoxy) is 1. The molecule has 0 spiro atoms. The van der Waals surface area contributed by atoms with Gasteiger partial charge >= 0.3 is 0 Å². The third kappa shape index (κ3) is 2.53. The van der Waals surface area contributed by atoms with E-state index in [0.717, 1.165) is 0 Å². The molecule has 0 aliphatic heterocycles. The molecule has 0 bridgehead atoms. The molecule has 0 unspecified atom stereocenters. The van der Waals surface area contributed by atoms with Crippen molar-refractivity contribution in [2.24, 2.45) is 0 Å². The van der Waals surface area contributed by atoms with Gasteiger partial charge in [-0.1, -0.05) is 0 Å². The lowest BCUT2D eigenvalue weighted by Gasteiger charge is -2.05. The van der Waals surface area contributed by atoms with Gasteiger partial charge in [-0.25, -0.2) is 8.78 Å². The molecular weight excluding hydrogens is 150 g/mol. The Balaban J connectivity index is 2.66. The van der Waals surface area contributed by atoms with Gasteiger partial charge < -0.3 is 4.74 Å². The van der Waals surface area contributed by atoms with Crippen LogP contribution < -0.4 is 4.74 Å². The summed E-state index contributed by atoms with van der Waals surface area (Å²) in [7, 11) is 0. The molecule has 3 heteroatoms. The zero-order chi connectivity index (χ0) is 8.27. The maximum absolute atomic E-state index is 12.3. The highest BCUT2D eigenvalue weighted by Crippen LogP contribution is 2.12. The van der Waals surface area contributed by atoms with Crippen LogP contribution in [0.4, 0.5) is 8.78 Å². The van der Waals surface area contributed by atoms with E-state index in [1.165, 1.54) is 31.2 Å². The molecule has 0 aromatic heterocycles. The highest BCUT2D eigenvalue weighted by molar-refractivity contribution is 5.22. The highest BCUT2D eigenvalue weighted by Gasteiger charge is 1.98. The summed E-state index contributed by atoms with van der Waals surface area (Å²) >= 11 is 0. The van der Waals surface area contributed by atoms with Gasteiger partial charge in [0.05, 0.1) is 0 Å². The molecule has 0 saturated heterocycles. The Morgan fingerprint density at radius 3 is 2.27 bits per heavy atom. The van der Waals surface area contributed by atoms with Crippen LogP contribution in [0.15, 0.2) is 24.3 Å². The predicted octanol–water partition coefficient (Wildman–Crippen LogP) is 2.52. The van der Waals surface area contributed by atoms with E-state index in [2.05, 4.69) is 4.74 Å². The van der Waals surface area contributed by atoms with Crippen molar-refractivity contribution < 1.29 is 13.5 Å². The zero-order valence-corrected chi connectivity index (χ0v) is 6.05. The van der Waals surface area contributed by atoms with Crippen LogP contribution in [0.25, 0.3) is 0 Å². The number of halogens is 2. The summed E-state index contributed by atoms with van der Waals surface area (Å²) in [6.07, 6.45) is -1.36. The first-order valence-corrected chi connectivity index (χ1v) is 3.25. The van der Waals surface area contributed by atoms with Crippen molar-refractivity contribution in [3.63, 3.8) is 0 Å². The molecule has 0 fully saturated rings. The van der Waals surface area contributed by atoms with Gasteiger partial charge in [0.25, 0.3) is 0 Å². The Labute approximate surface area is 63.6 Å². The van der Waals surface area contributed by atoms with Crippen molar-refractivity contribution in [1.29, 1.82) is 0 Å². The number of hydrogen-bond donors (Lipinski definition) is 0. The third-order valence-electron chi connectivity index (χ3n) is 1.11. The van der Waals surface area contributed by atoms with E-state index in [9.17, 15) is 8.78 Å². The number of hydrogen-bond acceptors (Lipinski definition) is 1. The van der Waals surface area contributed by atoms with Gasteiger partial charge in [0, 0.05) is 6.92 Å². The zero-order valence-electron chi connectivity index (χ0n) is 6.05. The minimum atomic E-state index is -1.36. The molecule has 0 amide bonds. The second-order valence-corrected chi connectivity index (χ2v) is 2.11. The molecule has 1 aromatic rings. The molecule has 1 aromatic carbocycles. The number of rotatable bonds is 2. The molecule has 1 rings (SSSR count). The second-order valence-electron chi connectivity index (χ2n) is 2.11. The van der Waals surface area contributed by atoms with E-state index in [-0.39, 0.29) is 5.82 Å². The predicted molar refractivity (Wildman–Crippen MR) is 37.6 cm³/mol. The minimum Gasteiger partial charge on any atom is -0.461 e. The van der Waals surface area contributed by atoms with Crippen LogP contribution in [0, 0.1) is 5.82 Å². The van der Waals surface area contributed by atoms with Gasteiger partial charge in [-0.15, -0.1) is 0 Å². The molecule has 0 radical (unpaired) electrons. The van der Waals surface area contributed by atoms with Crippen LogP contribution in [0.2, 0.25) is 0 Å². The Hall–Kier alpha value is -1.12. The van der Waals surface area contributed by atoms with Gasteiger partial charge in [0.2, 0.25) is 6.36 Å². The fraction of sp³-hybridized carbons (Fsp3) is 0.250. The quantitative estimate of drug-likeness (QED) is 0.642. The maximum atomic E-state index is 12.3. The molecular formula is C8H8F2O. The second kappa shape index (κ2) is 3.32. The van der Waals surface area contributed by atoms with Crippen LogP contribution in [0.1, 0.15) is 6.92 Å². The average molecular weight is 158 g/mol. The summed E-state index contributed by atoms with van der Waals surface area (Å²) in [5, 5.41) is 0. The summed E-state index contributed by atoms with van der Waals surface area (Å²) in [4.78, 5) is 0. The fourth-order valence-electron chi connectivity index (χ4n) is 0.701. The molecule has 0 aliphatic rings. The molecule has 0 heterocycles. The largest absolute Gasteiger partial charge is 0.461 e. The lowest BCUT2D eigenvalue weighted by atomic mass is 10.3. The summed E-state index contributed by atoms with van der Waals surface area (Å²) in [6.45, 7) is 1.27. The van der Waals surface area contributed by atoms with Crippen molar-refractivity contribution in [3.8, 4) is 5.75 Å². The van der Waals surface area contributed by atoms with Crippen molar-refractivity contribution in [2.45, 2.75) is 13.3 Å². The Morgan fingerprint density at radius 1 is 1.27 bits per heavy atom. The minimum absolute atomic E-state index is 0.335. The molecule has 0 N–H and O–H groups in total. The van der Waals surface area contributed by atoms with Crippen molar-refractivity contribution in [2.75, 3.05) is 0 Å². The maximum Gasteiger partial charge on any atom is 0.235 e. The Morgan fingerprint density at radius 2 is 1.82 bits per heavy atom. The van der Waals surface area contributed by atoms with Crippen molar-refractivity contribution in [1.82, 2.24) is 0 Å². The van der Waals surface area contributed by atoms with E-state index in [1.807, 2.05) is 0 Å². The standard InChI is InChI=1S/C8H8F2O/c1-6(9)11-8-4-2-7(10)3-5-8/h2-6H,1H3/t6-/m0/s1. The van der Waals surface area contributed by atoms with Gasteiger partial charge in [0.1, 0.15) is 11.6 Å². The first-order chi connectivity index (χ1) is 5.18. The van der Waals surface area contributed by atoms with E-state index < -0.39 is 6.36 Å². The molecule has 11 heavy (non-hydrogen) atoms. The van der Waals surface area contributed by atoms with Crippen LogP contribution in [0.5, 0.6) is 5.75 Å². The van der Waals surface area contributed by atoms with Crippen molar-refractivity contribution in [3.05, 3.63) is 30.1 Å². The first-order valence-electron chi connectivity index (χ1n) is 3.25. The summed E-state index contributed by atoms with van der Waals surface area (Å²) in [6, 6.07) is 5.20. The third-order valence-corrected chi connectivity index (χ3v) is 1.11. The molecule has 1 nitrogen and oxygen atoms in total. The lowest BCUT2D eigenvalue weighted by molar-refractivity contribution is 0.0859. The summed E-state index contributed by atoms with van der Waals surface area (Å²) in [5.41, 5.74) is 0. The van der Waals surface area contributed by atoms with Crippen LogP contribution >= 0.6 is 0 Å².